The van der Waals surface area contributed by atoms with E-state index in [1.165, 1.54) is 11.1 Å². The van der Waals surface area contributed by atoms with E-state index < -0.39 is 0 Å². The highest BCUT2D eigenvalue weighted by Crippen LogP contribution is 2.37. The van der Waals surface area contributed by atoms with E-state index in [9.17, 15) is 9.59 Å². The van der Waals surface area contributed by atoms with Crippen LogP contribution in [0.15, 0.2) is 66.2 Å². The summed E-state index contributed by atoms with van der Waals surface area (Å²) in [5.41, 5.74) is 7.67. The number of hydrogen-bond donors (Lipinski definition) is 1. The van der Waals surface area contributed by atoms with Crippen LogP contribution in [-0.2, 0) is 16.0 Å². The second-order valence-corrected chi connectivity index (χ2v) is 13.0. The minimum absolute atomic E-state index is 0.0901. The molecule has 3 aromatic carbocycles. The molecule has 0 spiro atoms. The van der Waals surface area contributed by atoms with E-state index in [2.05, 4.69) is 41.4 Å². The number of piperazine rings is 1. The lowest BCUT2D eigenvalue weighted by Gasteiger charge is -2.44. The van der Waals surface area contributed by atoms with Gasteiger partial charge in [0.25, 0.3) is 5.91 Å². The van der Waals surface area contributed by atoms with Gasteiger partial charge in [-0.3, -0.25) is 9.59 Å². The Balaban J connectivity index is 1.19. The van der Waals surface area contributed by atoms with E-state index >= 15 is 0 Å². The summed E-state index contributed by atoms with van der Waals surface area (Å²) in [6.07, 6.45) is 4.49. The number of hydrogen-bond acceptors (Lipinski definition) is 5. The molecule has 0 radical (unpaired) electrons. The Labute approximate surface area is 271 Å². The summed E-state index contributed by atoms with van der Waals surface area (Å²) < 4.78 is 11.9. The predicted molar refractivity (Wildman–Crippen MR) is 178 cm³/mol. The number of ether oxygens (including phenoxy) is 2. The number of aryl methyl sites for hydroxylation is 3. The van der Waals surface area contributed by atoms with Gasteiger partial charge in [0.15, 0.2) is 0 Å². The van der Waals surface area contributed by atoms with Crippen molar-refractivity contribution in [2.45, 2.75) is 64.6 Å². The number of fused-ring (bicyclic) bond motifs is 2. The Bertz CT molecular complexity index is 1580. The maximum absolute atomic E-state index is 14.5. The highest BCUT2D eigenvalue weighted by Gasteiger charge is 2.42. The van der Waals surface area contributed by atoms with Crippen molar-refractivity contribution < 1.29 is 19.1 Å². The third-order valence-corrected chi connectivity index (χ3v) is 9.60. The number of nitrogens with one attached hydrogen (secondary N) is 1. The Kier molecular flexibility index (Phi) is 9.47. The van der Waals surface area contributed by atoms with Crippen molar-refractivity contribution in [2.24, 2.45) is 0 Å². The van der Waals surface area contributed by atoms with Gasteiger partial charge in [0.2, 0.25) is 6.41 Å². The topological polar surface area (TPSA) is 71.1 Å². The van der Waals surface area contributed by atoms with Gasteiger partial charge >= 0.3 is 0 Å². The normalized spacial score (nSPS) is 19.3. The first-order valence-corrected chi connectivity index (χ1v) is 16.3. The predicted octanol–water partition coefficient (Wildman–Crippen LogP) is 5.91. The molecule has 2 bridgehead atoms. The first kappa shape index (κ1) is 31.2. The lowest BCUT2D eigenvalue weighted by Crippen LogP contribution is -2.60. The van der Waals surface area contributed by atoms with Gasteiger partial charge < -0.3 is 24.6 Å². The second kappa shape index (κ2) is 13.7. The maximum atomic E-state index is 14.5. The lowest BCUT2D eigenvalue weighted by atomic mass is 9.83. The fourth-order valence-electron chi connectivity index (χ4n) is 6.54. The summed E-state index contributed by atoms with van der Waals surface area (Å²) in [5.74, 6) is 1.49. The van der Waals surface area contributed by atoms with Crippen molar-refractivity contribution in [3.63, 3.8) is 0 Å². The number of benzene rings is 3. The lowest BCUT2D eigenvalue weighted by molar-refractivity contribution is -0.129. The number of amides is 2. The van der Waals surface area contributed by atoms with Crippen molar-refractivity contribution in [2.75, 3.05) is 32.8 Å². The molecular weight excluding hydrogens is 586 g/mol. The molecule has 3 aromatic rings. The molecule has 0 unspecified atom stereocenters. The number of halogens is 1. The average Bonchev–Trinajstić information content (AvgIpc) is 3.88. The molecule has 7 nitrogen and oxygen atoms in total. The molecule has 8 heteroatoms. The fourth-order valence-corrected chi connectivity index (χ4v) is 6.81. The van der Waals surface area contributed by atoms with Crippen LogP contribution in [0.5, 0.6) is 11.5 Å². The van der Waals surface area contributed by atoms with Crippen LogP contribution in [0.2, 0.25) is 5.02 Å². The standard InChI is InChI=1S/C37H42ClN3O4/c1-24-6-4-5-7-27(24)14-15-41(30-10-11-30)37(43)36-32(20-29-21-40(23-42)22-34(36)39-29)28-8-12-31(13-9-28)44-16-17-45-35-19-26(3)25(2)18-33(35)38/h4-9,12-13,18-19,23,29-30,34,39H,10-11,14-17,20-22H2,1-3H3/t29-,34-/m1/s1. The van der Waals surface area contributed by atoms with Gasteiger partial charge in [0.05, 0.1) is 11.1 Å². The van der Waals surface area contributed by atoms with E-state index in [0.29, 0.717) is 50.0 Å². The molecule has 1 saturated heterocycles. The van der Waals surface area contributed by atoms with Gasteiger partial charge in [-0.15, -0.1) is 0 Å². The Morgan fingerprint density at radius 2 is 1.71 bits per heavy atom. The van der Waals surface area contributed by atoms with Crippen molar-refractivity contribution >= 4 is 29.5 Å². The fraction of sp³-hybridized carbons (Fsp3) is 0.405. The van der Waals surface area contributed by atoms with Gasteiger partial charge in [-0.2, -0.15) is 0 Å². The van der Waals surface area contributed by atoms with Crippen LogP contribution >= 0.6 is 11.6 Å². The molecule has 1 saturated carbocycles. The van der Waals surface area contributed by atoms with Gasteiger partial charge in [-0.05, 0) is 104 Å². The van der Waals surface area contributed by atoms with Gasteiger partial charge in [0, 0.05) is 37.3 Å². The Morgan fingerprint density at radius 3 is 2.44 bits per heavy atom. The second-order valence-electron chi connectivity index (χ2n) is 12.6. The number of carbonyl (C=O) groups is 2. The molecule has 6 rings (SSSR count). The summed E-state index contributed by atoms with van der Waals surface area (Å²) in [6.45, 7) is 8.75. The Morgan fingerprint density at radius 1 is 0.978 bits per heavy atom. The third-order valence-electron chi connectivity index (χ3n) is 9.30. The van der Waals surface area contributed by atoms with E-state index in [4.69, 9.17) is 21.1 Å². The molecule has 2 aliphatic heterocycles. The molecule has 2 amide bonds. The largest absolute Gasteiger partial charge is 0.490 e. The zero-order valence-corrected chi connectivity index (χ0v) is 27.1. The van der Waals surface area contributed by atoms with Crippen LogP contribution in [0.1, 0.15) is 47.1 Å². The van der Waals surface area contributed by atoms with Crippen molar-refractivity contribution in [3.05, 3.63) is 99.1 Å². The summed E-state index contributed by atoms with van der Waals surface area (Å²) in [6, 6.07) is 20.5. The molecule has 0 aromatic heterocycles. The molecule has 2 fully saturated rings. The van der Waals surface area contributed by atoms with E-state index in [1.807, 2.05) is 50.2 Å². The summed E-state index contributed by atoms with van der Waals surface area (Å²) >= 11 is 6.34. The molecule has 1 N–H and O–H groups in total. The summed E-state index contributed by atoms with van der Waals surface area (Å²) in [4.78, 5) is 30.1. The van der Waals surface area contributed by atoms with Crippen LogP contribution in [0.4, 0.5) is 0 Å². The molecule has 2 heterocycles. The van der Waals surface area contributed by atoms with Crippen molar-refractivity contribution in [1.82, 2.24) is 15.1 Å². The quantitative estimate of drug-likeness (QED) is 0.200. The van der Waals surface area contributed by atoms with Crippen LogP contribution in [0.25, 0.3) is 5.57 Å². The zero-order chi connectivity index (χ0) is 31.5. The average molecular weight is 628 g/mol. The zero-order valence-electron chi connectivity index (χ0n) is 26.4. The molecule has 236 valence electrons. The van der Waals surface area contributed by atoms with Crippen LogP contribution < -0.4 is 14.8 Å². The first-order chi connectivity index (χ1) is 21.8. The molecule has 2 atom stereocenters. The Hall–Kier alpha value is -3.81. The summed E-state index contributed by atoms with van der Waals surface area (Å²) in [5, 5.41) is 4.26. The minimum Gasteiger partial charge on any atom is -0.490 e. The minimum atomic E-state index is -0.199. The van der Waals surface area contributed by atoms with Gasteiger partial charge in [-0.1, -0.05) is 48.0 Å². The number of rotatable bonds is 12. The van der Waals surface area contributed by atoms with Crippen molar-refractivity contribution in [3.8, 4) is 11.5 Å². The highest BCUT2D eigenvalue weighted by atomic mass is 35.5. The van der Waals surface area contributed by atoms with E-state index in [0.717, 1.165) is 59.3 Å². The number of nitrogens with zero attached hydrogens (tertiary/aromatic N) is 2. The van der Waals surface area contributed by atoms with Crippen LogP contribution in [0, 0.1) is 20.8 Å². The molecular formula is C37H42ClN3O4. The van der Waals surface area contributed by atoms with Crippen molar-refractivity contribution in [1.29, 1.82) is 0 Å². The third kappa shape index (κ3) is 7.21. The number of carbonyl (C=O) groups excluding carboxylic acids is 2. The van der Waals surface area contributed by atoms with Crippen LogP contribution in [-0.4, -0.2) is 73.1 Å². The molecule has 45 heavy (non-hydrogen) atoms. The van der Waals surface area contributed by atoms with E-state index in [-0.39, 0.29) is 24.0 Å². The smallest absolute Gasteiger partial charge is 0.252 e. The van der Waals surface area contributed by atoms with Crippen LogP contribution in [0.3, 0.4) is 0 Å². The van der Waals surface area contributed by atoms with E-state index in [1.54, 1.807) is 4.90 Å². The highest BCUT2D eigenvalue weighted by molar-refractivity contribution is 6.32. The maximum Gasteiger partial charge on any atom is 0.252 e. The first-order valence-electron chi connectivity index (χ1n) is 16.0. The monoisotopic (exact) mass is 627 g/mol. The SMILES string of the molecule is Cc1cc(Cl)c(OCCOc2ccc(C3=C(C(=O)N(CCc4ccccc4C)C4CC4)[C@H]4CN(C=O)C[C@@H](C3)N4)cc2)cc1C. The molecule has 1 aliphatic carbocycles. The van der Waals surface area contributed by atoms with Gasteiger partial charge in [0.1, 0.15) is 24.7 Å². The molecule has 3 aliphatic rings. The summed E-state index contributed by atoms with van der Waals surface area (Å²) in [7, 11) is 0. The van der Waals surface area contributed by atoms with Gasteiger partial charge in [-0.25, -0.2) is 0 Å².